The quantitative estimate of drug-likeness (QED) is 0.817. The van der Waals surface area contributed by atoms with E-state index in [9.17, 15) is 13.2 Å². The molecule has 14 heavy (non-hydrogen) atoms. The number of aromatic nitrogens is 2. The fourth-order valence-corrected chi connectivity index (χ4v) is 1.84. The van der Waals surface area contributed by atoms with E-state index in [4.69, 9.17) is 11.6 Å². The van der Waals surface area contributed by atoms with Crippen molar-refractivity contribution >= 4 is 22.9 Å². The van der Waals surface area contributed by atoms with E-state index in [1.54, 1.807) is 0 Å². The Labute approximate surface area is 87.5 Å². The van der Waals surface area contributed by atoms with E-state index in [-0.39, 0.29) is 11.0 Å². The van der Waals surface area contributed by atoms with Crippen molar-refractivity contribution in [2.24, 2.45) is 0 Å². The van der Waals surface area contributed by atoms with Gasteiger partial charge >= 0.3 is 6.18 Å². The molecule has 80 valence electrons. The molecule has 8 heteroatoms. The van der Waals surface area contributed by atoms with Crippen molar-refractivity contribution in [2.75, 3.05) is 13.6 Å². The van der Waals surface area contributed by atoms with Crippen LogP contribution in [-0.2, 0) is 6.54 Å². The maximum Gasteiger partial charge on any atom is 0.401 e. The molecule has 0 N–H and O–H groups in total. The number of rotatable bonds is 3. The number of nitrogens with zero attached hydrogens (tertiary/aromatic N) is 3. The molecule has 1 aromatic rings. The highest BCUT2D eigenvalue weighted by Gasteiger charge is 2.29. The van der Waals surface area contributed by atoms with E-state index in [1.807, 2.05) is 0 Å². The molecular weight excluding hydrogens is 239 g/mol. The van der Waals surface area contributed by atoms with Crippen LogP contribution in [-0.4, -0.2) is 34.9 Å². The molecule has 1 heterocycles. The van der Waals surface area contributed by atoms with Crippen LogP contribution >= 0.6 is 22.9 Å². The number of hydrogen-bond donors (Lipinski definition) is 0. The second kappa shape index (κ2) is 4.41. The van der Waals surface area contributed by atoms with Crippen LogP contribution in [0.1, 0.15) is 5.01 Å². The lowest BCUT2D eigenvalue weighted by Gasteiger charge is -2.16. The Morgan fingerprint density at radius 3 is 2.50 bits per heavy atom. The molecule has 0 spiro atoms. The summed E-state index contributed by atoms with van der Waals surface area (Å²) >= 11 is 6.56. The van der Waals surface area contributed by atoms with Gasteiger partial charge in [0.15, 0.2) is 0 Å². The summed E-state index contributed by atoms with van der Waals surface area (Å²) in [6, 6.07) is 0. The average Bonchev–Trinajstić information content (AvgIpc) is 2.30. The first-order valence-electron chi connectivity index (χ1n) is 3.60. The summed E-state index contributed by atoms with van der Waals surface area (Å²) in [7, 11) is 1.36. The topological polar surface area (TPSA) is 29.0 Å². The van der Waals surface area contributed by atoms with E-state index in [0.29, 0.717) is 5.01 Å². The van der Waals surface area contributed by atoms with Gasteiger partial charge in [-0.25, -0.2) is 0 Å². The molecule has 0 bridgehead atoms. The molecule has 0 radical (unpaired) electrons. The van der Waals surface area contributed by atoms with Crippen LogP contribution in [0, 0.1) is 0 Å². The largest absolute Gasteiger partial charge is 0.401 e. The van der Waals surface area contributed by atoms with Crippen LogP contribution < -0.4 is 0 Å². The Morgan fingerprint density at radius 1 is 1.43 bits per heavy atom. The van der Waals surface area contributed by atoms with E-state index in [1.165, 1.54) is 7.05 Å². The van der Waals surface area contributed by atoms with Crippen molar-refractivity contribution in [3.05, 3.63) is 9.47 Å². The molecule has 0 unspecified atom stereocenters. The molecule has 0 aliphatic carbocycles. The lowest BCUT2D eigenvalue weighted by atomic mass is 10.5. The van der Waals surface area contributed by atoms with Crippen LogP contribution in [0.25, 0.3) is 0 Å². The summed E-state index contributed by atoms with van der Waals surface area (Å²) < 4.78 is 36.0. The Balaban J connectivity index is 2.45. The standard InChI is InChI=1S/C6H7ClF3N3S/c1-13(3-6(8,9)10)2-4-11-12-5(7)14-4/h2-3H2,1H3. The zero-order valence-electron chi connectivity index (χ0n) is 7.18. The monoisotopic (exact) mass is 245 g/mol. The van der Waals surface area contributed by atoms with Crippen molar-refractivity contribution in [1.82, 2.24) is 15.1 Å². The minimum absolute atomic E-state index is 0.101. The lowest BCUT2D eigenvalue weighted by Crippen LogP contribution is -2.30. The molecule has 0 aliphatic heterocycles. The van der Waals surface area contributed by atoms with Gasteiger partial charge in [0.05, 0.1) is 13.1 Å². The van der Waals surface area contributed by atoms with Gasteiger partial charge in [0.1, 0.15) is 5.01 Å². The Bertz CT molecular complexity index is 301. The van der Waals surface area contributed by atoms with Gasteiger partial charge in [-0.1, -0.05) is 11.3 Å². The maximum absolute atomic E-state index is 11.9. The number of alkyl halides is 3. The summed E-state index contributed by atoms with van der Waals surface area (Å²) in [5.74, 6) is 0. The van der Waals surface area contributed by atoms with Gasteiger partial charge in [-0.3, -0.25) is 4.90 Å². The van der Waals surface area contributed by atoms with Gasteiger partial charge in [-0.15, -0.1) is 10.2 Å². The fraction of sp³-hybridized carbons (Fsp3) is 0.667. The molecule has 0 atom stereocenters. The second-order valence-electron chi connectivity index (χ2n) is 2.74. The Morgan fingerprint density at radius 2 is 2.07 bits per heavy atom. The highest BCUT2D eigenvalue weighted by atomic mass is 35.5. The van der Waals surface area contributed by atoms with Crippen LogP contribution in [0.15, 0.2) is 0 Å². The van der Waals surface area contributed by atoms with Crippen molar-refractivity contribution < 1.29 is 13.2 Å². The molecule has 0 aromatic carbocycles. The molecule has 1 rings (SSSR count). The summed E-state index contributed by atoms with van der Waals surface area (Å²) in [6.07, 6.45) is -4.19. The van der Waals surface area contributed by atoms with Gasteiger partial charge in [0.25, 0.3) is 0 Å². The summed E-state index contributed by atoms with van der Waals surface area (Å²) in [6.45, 7) is -0.867. The van der Waals surface area contributed by atoms with Crippen LogP contribution in [0.2, 0.25) is 4.47 Å². The second-order valence-corrected chi connectivity index (χ2v) is 4.38. The predicted molar refractivity (Wildman–Crippen MR) is 47.3 cm³/mol. The maximum atomic E-state index is 11.9. The van der Waals surface area contributed by atoms with E-state index < -0.39 is 12.7 Å². The smallest absolute Gasteiger partial charge is 0.291 e. The molecular formula is C6H7ClF3N3S. The van der Waals surface area contributed by atoms with Gasteiger partial charge in [-0.05, 0) is 18.6 Å². The van der Waals surface area contributed by atoms with Crippen molar-refractivity contribution in [1.29, 1.82) is 0 Å². The molecule has 0 fully saturated rings. The lowest BCUT2D eigenvalue weighted by molar-refractivity contribution is -0.144. The molecule has 0 saturated carbocycles. The highest BCUT2D eigenvalue weighted by Crippen LogP contribution is 2.19. The van der Waals surface area contributed by atoms with Crippen molar-refractivity contribution in [3.8, 4) is 0 Å². The Kier molecular flexibility index (Phi) is 3.68. The number of hydrogen-bond acceptors (Lipinski definition) is 4. The average molecular weight is 246 g/mol. The predicted octanol–water partition coefficient (Wildman–Crippen LogP) is 2.19. The van der Waals surface area contributed by atoms with E-state index >= 15 is 0 Å². The SMILES string of the molecule is CN(Cc1nnc(Cl)s1)CC(F)(F)F. The minimum atomic E-state index is -4.19. The molecule has 0 amide bonds. The zero-order chi connectivity index (χ0) is 10.8. The summed E-state index contributed by atoms with van der Waals surface area (Å²) in [5, 5.41) is 7.58. The van der Waals surface area contributed by atoms with Crippen LogP contribution in [0.4, 0.5) is 13.2 Å². The zero-order valence-corrected chi connectivity index (χ0v) is 8.75. The normalized spacial score (nSPS) is 12.4. The minimum Gasteiger partial charge on any atom is -0.291 e. The van der Waals surface area contributed by atoms with Crippen LogP contribution in [0.3, 0.4) is 0 Å². The van der Waals surface area contributed by atoms with Crippen molar-refractivity contribution in [3.63, 3.8) is 0 Å². The third kappa shape index (κ3) is 4.21. The molecule has 0 aliphatic rings. The first-order chi connectivity index (χ1) is 6.37. The molecule has 3 nitrogen and oxygen atoms in total. The van der Waals surface area contributed by atoms with E-state index in [2.05, 4.69) is 10.2 Å². The van der Waals surface area contributed by atoms with Gasteiger partial charge in [0, 0.05) is 0 Å². The van der Waals surface area contributed by atoms with Crippen molar-refractivity contribution in [2.45, 2.75) is 12.7 Å². The molecule has 0 saturated heterocycles. The van der Waals surface area contributed by atoms with Gasteiger partial charge in [-0.2, -0.15) is 13.2 Å². The van der Waals surface area contributed by atoms with Crippen LogP contribution in [0.5, 0.6) is 0 Å². The molecule has 1 aromatic heterocycles. The van der Waals surface area contributed by atoms with Gasteiger partial charge < -0.3 is 0 Å². The fourth-order valence-electron chi connectivity index (χ4n) is 0.890. The Hall–Kier alpha value is -0.400. The number of halogens is 4. The first kappa shape index (κ1) is 11.7. The summed E-state index contributed by atoms with van der Waals surface area (Å²) in [5.41, 5.74) is 0. The third-order valence-corrected chi connectivity index (χ3v) is 2.30. The van der Waals surface area contributed by atoms with E-state index in [0.717, 1.165) is 16.2 Å². The first-order valence-corrected chi connectivity index (χ1v) is 4.79. The third-order valence-electron chi connectivity index (χ3n) is 1.30. The summed E-state index contributed by atoms with van der Waals surface area (Å²) in [4.78, 5) is 1.11. The van der Waals surface area contributed by atoms with Gasteiger partial charge in [0.2, 0.25) is 4.47 Å². The highest BCUT2D eigenvalue weighted by molar-refractivity contribution is 7.15.